The molecule has 0 spiro atoms. The SMILES string of the molecule is CC(=O)N(C)CCN(C)C(=O)OCc1ccc(NC(=O)C(CCCNC(N)=O)NC=O)cc1. The normalized spacial score (nSPS) is 11.0. The van der Waals surface area contributed by atoms with E-state index in [4.69, 9.17) is 10.5 Å². The monoisotopic (exact) mass is 464 g/mol. The van der Waals surface area contributed by atoms with Crippen molar-refractivity contribution in [1.82, 2.24) is 20.4 Å². The van der Waals surface area contributed by atoms with E-state index in [1.54, 1.807) is 38.4 Å². The number of nitrogens with one attached hydrogen (secondary N) is 3. The number of hydrogen-bond acceptors (Lipinski definition) is 6. The average molecular weight is 465 g/mol. The molecule has 33 heavy (non-hydrogen) atoms. The predicted molar refractivity (Wildman–Crippen MR) is 121 cm³/mol. The van der Waals surface area contributed by atoms with Crippen LogP contribution in [-0.2, 0) is 25.7 Å². The second kappa shape index (κ2) is 14.3. The van der Waals surface area contributed by atoms with Gasteiger partial charge in [-0.1, -0.05) is 12.1 Å². The highest BCUT2D eigenvalue weighted by Gasteiger charge is 2.17. The van der Waals surface area contributed by atoms with Crippen LogP contribution in [0.1, 0.15) is 25.3 Å². The third-order valence-corrected chi connectivity index (χ3v) is 4.76. The summed E-state index contributed by atoms with van der Waals surface area (Å²) in [5.74, 6) is -0.491. The Morgan fingerprint density at radius 3 is 2.30 bits per heavy atom. The Hall–Kier alpha value is -3.83. The zero-order chi connectivity index (χ0) is 24.8. The molecular formula is C21H32N6O6. The number of urea groups is 1. The number of primary amides is 1. The first kappa shape index (κ1) is 27.2. The molecule has 1 atom stereocenters. The molecule has 1 rings (SSSR count). The summed E-state index contributed by atoms with van der Waals surface area (Å²) in [5, 5.41) is 7.57. The molecule has 0 saturated heterocycles. The minimum absolute atomic E-state index is 0.0438. The summed E-state index contributed by atoms with van der Waals surface area (Å²) in [6.45, 7) is 2.52. The van der Waals surface area contributed by atoms with Gasteiger partial charge < -0.3 is 36.2 Å². The van der Waals surface area contributed by atoms with Crippen LogP contribution < -0.4 is 21.7 Å². The van der Waals surface area contributed by atoms with Crippen LogP contribution in [0.4, 0.5) is 15.3 Å². The lowest BCUT2D eigenvalue weighted by molar-refractivity contribution is -0.127. The molecule has 0 aliphatic carbocycles. The highest BCUT2D eigenvalue weighted by Crippen LogP contribution is 2.12. The average Bonchev–Trinajstić information content (AvgIpc) is 2.78. The Labute approximate surface area is 192 Å². The number of nitrogens with two attached hydrogens (primary N) is 1. The minimum atomic E-state index is -0.768. The van der Waals surface area contributed by atoms with Gasteiger partial charge in [0.25, 0.3) is 0 Å². The molecule has 1 aromatic rings. The molecule has 5 N–H and O–H groups in total. The number of carbonyl (C=O) groups excluding carboxylic acids is 5. The first-order valence-electron chi connectivity index (χ1n) is 10.4. The number of anilines is 1. The van der Waals surface area contributed by atoms with E-state index in [1.165, 1.54) is 16.7 Å². The summed E-state index contributed by atoms with van der Waals surface area (Å²) >= 11 is 0. The predicted octanol–water partition coefficient (Wildman–Crippen LogP) is 0.235. The summed E-state index contributed by atoms with van der Waals surface area (Å²) in [5.41, 5.74) is 6.21. The maximum absolute atomic E-state index is 12.4. The molecule has 0 fully saturated rings. The van der Waals surface area contributed by atoms with Gasteiger partial charge in [0.15, 0.2) is 0 Å². The van der Waals surface area contributed by atoms with E-state index in [2.05, 4.69) is 16.0 Å². The zero-order valence-electron chi connectivity index (χ0n) is 19.1. The second-order valence-corrected chi connectivity index (χ2v) is 7.37. The van der Waals surface area contributed by atoms with Gasteiger partial charge >= 0.3 is 12.1 Å². The van der Waals surface area contributed by atoms with E-state index < -0.39 is 24.1 Å². The molecule has 0 aliphatic heterocycles. The van der Waals surface area contributed by atoms with Crippen LogP contribution >= 0.6 is 0 Å². The fraction of sp³-hybridized carbons (Fsp3) is 0.476. The van der Waals surface area contributed by atoms with Crippen molar-refractivity contribution >= 4 is 36.0 Å². The standard InChI is InChI=1S/C21H32N6O6/c1-15(29)26(2)11-12-27(3)21(32)33-13-16-6-8-17(9-7-16)25-19(30)18(24-14-28)5-4-10-23-20(22)31/h6-9,14,18H,4-5,10-13H2,1-3H3,(H,24,28)(H,25,30)(H3,22,23,31). The largest absolute Gasteiger partial charge is 0.445 e. The first-order chi connectivity index (χ1) is 15.6. The minimum Gasteiger partial charge on any atom is -0.445 e. The molecule has 0 saturated carbocycles. The lowest BCUT2D eigenvalue weighted by Crippen LogP contribution is -2.40. The highest BCUT2D eigenvalue weighted by molar-refractivity contribution is 5.95. The van der Waals surface area contributed by atoms with Crippen LogP contribution in [0.25, 0.3) is 0 Å². The van der Waals surface area contributed by atoms with Gasteiger partial charge in [-0.25, -0.2) is 9.59 Å². The van der Waals surface area contributed by atoms with E-state index in [0.717, 1.165) is 5.56 Å². The van der Waals surface area contributed by atoms with E-state index in [-0.39, 0.29) is 19.1 Å². The Bertz CT molecular complexity index is 816. The molecule has 0 aliphatic rings. The Morgan fingerprint density at radius 2 is 1.73 bits per heavy atom. The second-order valence-electron chi connectivity index (χ2n) is 7.37. The van der Waals surface area contributed by atoms with Gasteiger partial charge in [0.2, 0.25) is 18.2 Å². The van der Waals surface area contributed by atoms with Crippen molar-refractivity contribution in [1.29, 1.82) is 0 Å². The quantitative estimate of drug-likeness (QED) is 0.241. The van der Waals surface area contributed by atoms with E-state index in [9.17, 15) is 24.0 Å². The van der Waals surface area contributed by atoms with E-state index >= 15 is 0 Å². The summed E-state index contributed by atoms with van der Waals surface area (Å²) in [7, 11) is 3.24. The fourth-order valence-electron chi connectivity index (χ4n) is 2.61. The molecule has 12 nitrogen and oxygen atoms in total. The van der Waals surface area contributed by atoms with Gasteiger partial charge in [-0.3, -0.25) is 14.4 Å². The Balaban J connectivity index is 2.49. The summed E-state index contributed by atoms with van der Waals surface area (Å²) in [4.78, 5) is 60.1. The number of hydrogen-bond donors (Lipinski definition) is 4. The lowest BCUT2D eigenvalue weighted by Gasteiger charge is -2.21. The van der Waals surface area contributed by atoms with Crippen molar-refractivity contribution in [2.75, 3.05) is 39.0 Å². The van der Waals surface area contributed by atoms with Crippen LogP contribution in [0.15, 0.2) is 24.3 Å². The third kappa shape index (κ3) is 10.8. The molecule has 12 heteroatoms. The summed E-state index contributed by atoms with van der Waals surface area (Å²) in [6, 6.07) is 5.28. The lowest BCUT2D eigenvalue weighted by atomic mass is 10.1. The number of likely N-dealkylation sites (N-methyl/N-ethyl adjacent to an activating group) is 2. The van der Waals surface area contributed by atoms with E-state index in [1.807, 2.05) is 0 Å². The first-order valence-corrected chi connectivity index (χ1v) is 10.4. The molecule has 0 bridgehead atoms. The molecule has 6 amide bonds. The van der Waals surface area contributed by atoms with Crippen LogP contribution in [0.5, 0.6) is 0 Å². The van der Waals surface area contributed by atoms with Gasteiger partial charge in [0, 0.05) is 46.3 Å². The molecular weight excluding hydrogens is 432 g/mol. The number of ether oxygens (including phenoxy) is 1. The van der Waals surface area contributed by atoms with Crippen molar-refractivity contribution in [3.05, 3.63) is 29.8 Å². The van der Waals surface area contributed by atoms with Crippen molar-refractivity contribution in [3.63, 3.8) is 0 Å². The van der Waals surface area contributed by atoms with Gasteiger partial charge in [-0.15, -0.1) is 0 Å². The van der Waals surface area contributed by atoms with Crippen molar-refractivity contribution in [2.45, 2.75) is 32.4 Å². The molecule has 0 aromatic heterocycles. The van der Waals surface area contributed by atoms with Gasteiger partial charge in [0.1, 0.15) is 12.6 Å². The number of nitrogens with zero attached hydrogens (tertiary/aromatic N) is 2. The topological polar surface area (TPSA) is 163 Å². The summed E-state index contributed by atoms with van der Waals surface area (Å²) in [6.07, 6.45) is 0.691. The van der Waals surface area contributed by atoms with Crippen molar-refractivity contribution < 1.29 is 28.7 Å². The van der Waals surface area contributed by atoms with Crippen LogP contribution in [0, 0.1) is 0 Å². The maximum Gasteiger partial charge on any atom is 0.409 e. The van der Waals surface area contributed by atoms with Crippen molar-refractivity contribution in [3.8, 4) is 0 Å². The van der Waals surface area contributed by atoms with Crippen LogP contribution in [-0.4, -0.2) is 79.9 Å². The molecule has 0 heterocycles. The number of carbonyl (C=O) groups is 5. The van der Waals surface area contributed by atoms with E-state index in [0.29, 0.717) is 38.0 Å². The third-order valence-electron chi connectivity index (χ3n) is 4.76. The van der Waals surface area contributed by atoms with Crippen LogP contribution in [0.3, 0.4) is 0 Å². The van der Waals surface area contributed by atoms with Gasteiger partial charge in [-0.2, -0.15) is 0 Å². The Kier molecular flexibility index (Phi) is 11.8. The smallest absolute Gasteiger partial charge is 0.409 e. The van der Waals surface area contributed by atoms with Gasteiger partial charge in [0.05, 0.1) is 0 Å². The van der Waals surface area contributed by atoms with Crippen molar-refractivity contribution in [2.24, 2.45) is 5.73 Å². The molecule has 1 unspecified atom stereocenters. The highest BCUT2D eigenvalue weighted by atomic mass is 16.6. The molecule has 182 valence electrons. The molecule has 0 radical (unpaired) electrons. The van der Waals surface area contributed by atoms with Gasteiger partial charge in [-0.05, 0) is 30.5 Å². The van der Waals surface area contributed by atoms with Crippen LogP contribution in [0.2, 0.25) is 0 Å². The fourth-order valence-corrected chi connectivity index (χ4v) is 2.61. The number of amides is 6. The number of benzene rings is 1. The Morgan fingerprint density at radius 1 is 1.09 bits per heavy atom. The maximum atomic E-state index is 12.4. The summed E-state index contributed by atoms with van der Waals surface area (Å²) < 4.78 is 5.25. The number of rotatable bonds is 13. The zero-order valence-corrected chi connectivity index (χ0v) is 19.1. The molecule has 1 aromatic carbocycles.